The number of piperazine rings is 1. The average Bonchev–Trinajstić information content (AvgIpc) is 3.34. The third-order valence-electron chi connectivity index (χ3n) is 11.8. The van der Waals surface area contributed by atoms with E-state index in [0.717, 1.165) is 30.5 Å². The number of carbonyl (C=O) groups excluding carboxylic acids is 3. The molecule has 5 aliphatic rings. The van der Waals surface area contributed by atoms with Crippen LogP contribution in [-0.4, -0.2) is 53.3 Å². The summed E-state index contributed by atoms with van der Waals surface area (Å²) in [4.78, 5) is 46.1. The number of hydrogen-bond acceptors (Lipinski definition) is 3. The Morgan fingerprint density at radius 1 is 1.10 bits per heavy atom. The van der Waals surface area contributed by atoms with E-state index in [1.54, 1.807) is 16.8 Å². The van der Waals surface area contributed by atoms with Crippen LogP contribution in [0, 0.1) is 28.6 Å². The lowest BCUT2D eigenvalue weighted by Gasteiger charge is -2.59. The molecule has 2 aliphatic carbocycles. The third kappa shape index (κ3) is 3.42. The second-order valence-corrected chi connectivity index (χ2v) is 14.5. The summed E-state index contributed by atoms with van der Waals surface area (Å²) in [6.07, 6.45) is 7.60. The average molecular weight is 532 g/mol. The molecule has 0 spiro atoms. The second kappa shape index (κ2) is 8.68. The number of amides is 3. The zero-order chi connectivity index (χ0) is 28.1. The van der Waals surface area contributed by atoms with Crippen LogP contribution in [-0.2, 0) is 19.8 Å². The van der Waals surface area contributed by atoms with Gasteiger partial charge in [-0.3, -0.25) is 19.3 Å². The van der Waals surface area contributed by atoms with Crippen LogP contribution in [0.5, 0.6) is 0 Å². The van der Waals surface area contributed by atoms with Gasteiger partial charge in [-0.25, -0.2) is 0 Å². The normalized spacial score (nSPS) is 39.0. The molecule has 0 radical (unpaired) electrons. The molecular weight excluding hydrogens is 486 g/mol. The minimum atomic E-state index is -0.554. The van der Waals surface area contributed by atoms with E-state index >= 15 is 0 Å². The standard InChI is InChI=1S/C33H45N3O3/c1-20(2)27-29(39)36-25(28(38)34(27)7)18-33(22-11-8-9-12-24(22)35(19-37)30(33)36)17-23-21(3)13-14-26-31(4,5)15-10-16-32(23,26)6/h8-9,11-12,19-20,23,25-27,30H,3,10,13-18H2,1-2,4-7H3/t23-,25+,26+,27-,30+,32-,33+/m1/s1. The van der Waals surface area contributed by atoms with E-state index in [0.29, 0.717) is 12.3 Å². The fourth-order valence-electron chi connectivity index (χ4n) is 10.2. The van der Waals surface area contributed by atoms with E-state index in [-0.39, 0.29) is 34.5 Å². The summed E-state index contributed by atoms with van der Waals surface area (Å²) in [5.74, 6) is 0.817. The van der Waals surface area contributed by atoms with Crippen molar-refractivity contribution in [3.63, 3.8) is 0 Å². The molecule has 0 bridgehead atoms. The Hall–Kier alpha value is -2.63. The molecule has 3 heterocycles. The summed E-state index contributed by atoms with van der Waals surface area (Å²) in [5, 5.41) is 0. The first kappa shape index (κ1) is 26.6. The first-order valence-electron chi connectivity index (χ1n) is 15.0. The van der Waals surface area contributed by atoms with E-state index < -0.39 is 23.7 Å². The lowest BCUT2D eigenvalue weighted by molar-refractivity contribution is -0.161. The maximum Gasteiger partial charge on any atom is 0.247 e. The van der Waals surface area contributed by atoms with Crippen molar-refractivity contribution >= 4 is 23.9 Å². The minimum absolute atomic E-state index is 0.00392. The SMILES string of the molecule is C=C1CC[C@H]2C(C)(C)CCC[C@]2(C)[C@@H]1C[C@@]12C[C@H]3C(=O)N(C)[C@H](C(C)C)C(=O)N3[C@@H]1N(C=O)c1ccccc12. The highest BCUT2D eigenvalue weighted by Gasteiger charge is 2.68. The van der Waals surface area contributed by atoms with Gasteiger partial charge in [0.2, 0.25) is 18.2 Å². The Morgan fingerprint density at radius 3 is 2.51 bits per heavy atom. The first-order chi connectivity index (χ1) is 18.4. The molecule has 6 heteroatoms. The Labute approximate surface area is 233 Å². The molecule has 210 valence electrons. The number of nitrogens with zero attached hydrogens (tertiary/aromatic N) is 3. The zero-order valence-electron chi connectivity index (χ0n) is 24.6. The zero-order valence-corrected chi connectivity index (χ0v) is 24.6. The number of carbonyl (C=O) groups is 3. The van der Waals surface area contributed by atoms with Crippen molar-refractivity contribution in [1.29, 1.82) is 0 Å². The number of para-hydroxylation sites is 1. The van der Waals surface area contributed by atoms with Gasteiger partial charge >= 0.3 is 0 Å². The largest absolute Gasteiger partial charge is 0.332 e. The van der Waals surface area contributed by atoms with Crippen molar-refractivity contribution in [3.8, 4) is 0 Å². The predicted octanol–water partition coefficient (Wildman–Crippen LogP) is 5.51. The smallest absolute Gasteiger partial charge is 0.247 e. The molecule has 3 amide bonds. The lowest BCUT2D eigenvalue weighted by atomic mass is 9.46. The molecule has 1 aromatic carbocycles. The highest BCUT2D eigenvalue weighted by molar-refractivity contribution is 6.00. The molecule has 0 N–H and O–H groups in total. The van der Waals surface area contributed by atoms with E-state index in [9.17, 15) is 14.4 Å². The van der Waals surface area contributed by atoms with Crippen LogP contribution in [0.3, 0.4) is 0 Å². The van der Waals surface area contributed by atoms with Crippen LogP contribution in [0.4, 0.5) is 5.69 Å². The third-order valence-corrected chi connectivity index (χ3v) is 11.8. The van der Waals surface area contributed by atoms with E-state index in [4.69, 9.17) is 0 Å². The number of fused-ring (bicyclic) bond motifs is 6. The van der Waals surface area contributed by atoms with Crippen LogP contribution >= 0.6 is 0 Å². The highest BCUT2D eigenvalue weighted by Crippen LogP contribution is 2.66. The minimum Gasteiger partial charge on any atom is -0.332 e. The first-order valence-corrected chi connectivity index (χ1v) is 15.0. The van der Waals surface area contributed by atoms with Crippen molar-refractivity contribution < 1.29 is 14.4 Å². The number of anilines is 1. The van der Waals surface area contributed by atoms with Crippen LogP contribution in [0.25, 0.3) is 0 Å². The van der Waals surface area contributed by atoms with Crippen molar-refractivity contribution in [2.45, 2.75) is 103 Å². The van der Waals surface area contributed by atoms with Gasteiger partial charge < -0.3 is 9.80 Å². The predicted molar refractivity (Wildman–Crippen MR) is 153 cm³/mol. The fraction of sp³-hybridized carbons (Fsp3) is 0.667. The van der Waals surface area contributed by atoms with Gasteiger partial charge in [0.25, 0.3) is 0 Å². The lowest BCUT2D eigenvalue weighted by Crippen LogP contribution is -2.66. The molecule has 4 fully saturated rings. The van der Waals surface area contributed by atoms with Gasteiger partial charge in [0.05, 0.1) is 0 Å². The summed E-state index contributed by atoms with van der Waals surface area (Å²) < 4.78 is 0. The Kier molecular flexibility index (Phi) is 5.92. The highest BCUT2D eigenvalue weighted by atomic mass is 16.2. The summed E-state index contributed by atoms with van der Waals surface area (Å²) in [6, 6.07) is 7.08. The Morgan fingerprint density at radius 2 is 1.82 bits per heavy atom. The number of benzene rings is 1. The van der Waals surface area contributed by atoms with Gasteiger partial charge in [0.1, 0.15) is 18.2 Å². The fourth-order valence-corrected chi connectivity index (χ4v) is 10.2. The quantitative estimate of drug-likeness (QED) is 0.380. The second-order valence-electron chi connectivity index (χ2n) is 14.5. The Balaban J connectivity index is 1.51. The van der Waals surface area contributed by atoms with E-state index in [1.165, 1.54) is 31.3 Å². The summed E-state index contributed by atoms with van der Waals surface area (Å²) >= 11 is 0. The molecule has 0 unspecified atom stereocenters. The van der Waals surface area contributed by atoms with E-state index in [1.807, 2.05) is 36.9 Å². The Bertz CT molecular complexity index is 1240. The number of hydrogen-bond donors (Lipinski definition) is 0. The van der Waals surface area contributed by atoms with Gasteiger partial charge in [-0.05, 0) is 78.7 Å². The number of rotatable bonds is 4. The van der Waals surface area contributed by atoms with E-state index in [2.05, 4.69) is 33.4 Å². The summed E-state index contributed by atoms with van der Waals surface area (Å²) in [5.41, 5.74) is 3.16. The van der Waals surface area contributed by atoms with Crippen LogP contribution in [0.1, 0.15) is 85.1 Å². The molecule has 39 heavy (non-hydrogen) atoms. The van der Waals surface area contributed by atoms with Crippen LogP contribution < -0.4 is 4.90 Å². The molecule has 2 saturated carbocycles. The molecular formula is C33H45N3O3. The maximum absolute atomic E-state index is 14.2. The molecule has 7 atom stereocenters. The van der Waals surface area contributed by atoms with Crippen LogP contribution in [0.15, 0.2) is 36.4 Å². The van der Waals surface area contributed by atoms with Gasteiger partial charge in [-0.1, -0.05) is 71.4 Å². The monoisotopic (exact) mass is 531 g/mol. The van der Waals surface area contributed by atoms with Crippen molar-refractivity contribution in [2.75, 3.05) is 11.9 Å². The topological polar surface area (TPSA) is 60.9 Å². The van der Waals surface area contributed by atoms with Gasteiger partial charge in [0.15, 0.2) is 0 Å². The number of likely N-dealkylation sites (N-methyl/N-ethyl adjacent to an activating group) is 1. The molecule has 6 nitrogen and oxygen atoms in total. The van der Waals surface area contributed by atoms with Gasteiger partial charge in [0, 0.05) is 18.2 Å². The summed E-state index contributed by atoms with van der Waals surface area (Å²) in [7, 11) is 1.77. The van der Waals surface area contributed by atoms with Crippen molar-refractivity contribution in [3.05, 3.63) is 42.0 Å². The van der Waals surface area contributed by atoms with Gasteiger partial charge in [-0.2, -0.15) is 0 Å². The van der Waals surface area contributed by atoms with Crippen molar-refractivity contribution in [1.82, 2.24) is 9.80 Å². The maximum atomic E-state index is 14.2. The molecule has 2 saturated heterocycles. The molecule has 1 aromatic rings. The number of allylic oxidation sites excluding steroid dienone is 1. The molecule has 0 aromatic heterocycles. The molecule has 6 rings (SSSR count). The van der Waals surface area contributed by atoms with Gasteiger partial charge in [-0.15, -0.1) is 0 Å². The van der Waals surface area contributed by atoms with Crippen LogP contribution in [0.2, 0.25) is 0 Å². The summed E-state index contributed by atoms with van der Waals surface area (Å²) in [6.45, 7) is 16.0. The van der Waals surface area contributed by atoms with Crippen molar-refractivity contribution in [2.24, 2.45) is 28.6 Å². The molecule has 3 aliphatic heterocycles.